The van der Waals surface area contributed by atoms with E-state index in [2.05, 4.69) is 4.98 Å². The molecule has 0 aliphatic carbocycles. The molecule has 2 heterocycles. The molecule has 5 nitrogen and oxygen atoms in total. The third kappa shape index (κ3) is 3.48. The molecule has 1 fully saturated rings. The van der Waals surface area contributed by atoms with Gasteiger partial charge in [-0.05, 0) is 37.3 Å². The summed E-state index contributed by atoms with van der Waals surface area (Å²) in [6, 6.07) is 6.67. The van der Waals surface area contributed by atoms with Gasteiger partial charge in [-0.25, -0.2) is 9.37 Å². The maximum absolute atomic E-state index is 13.7. The predicted molar refractivity (Wildman–Crippen MR) is 90.6 cm³/mol. The topological polar surface area (TPSA) is 58.4 Å². The summed E-state index contributed by atoms with van der Waals surface area (Å²) in [5.41, 5.74) is -0.319. The van der Waals surface area contributed by atoms with Gasteiger partial charge in [-0.1, -0.05) is 18.2 Å². The van der Waals surface area contributed by atoms with Gasteiger partial charge in [0.15, 0.2) is 5.82 Å². The smallest absolute Gasteiger partial charge is 0.293 e. The number of anilines is 1. The van der Waals surface area contributed by atoms with Crippen molar-refractivity contribution in [2.75, 3.05) is 18.0 Å². The van der Waals surface area contributed by atoms with Gasteiger partial charge in [-0.15, -0.1) is 0 Å². The molecule has 0 radical (unpaired) electrons. The Balaban J connectivity index is 1.62. The number of nitrogens with zero attached hydrogens (tertiary/aromatic N) is 3. The van der Waals surface area contributed by atoms with Crippen LogP contribution in [0.1, 0.15) is 24.8 Å². The largest absolute Gasteiger partial charge is 0.390 e. The van der Waals surface area contributed by atoms with E-state index in [9.17, 15) is 14.3 Å². The van der Waals surface area contributed by atoms with Gasteiger partial charge in [-0.2, -0.15) is 0 Å². The average molecular weight is 331 g/mol. The fourth-order valence-corrected chi connectivity index (χ4v) is 3.15. The third-order valence-electron chi connectivity index (χ3n) is 4.81. The maximum atomic E-state index is 13.7. The Morgan fingerprint density at radius 3 is 2.71 bits per heavy atom. The number of benzene rings is 1. The summed E-state index contributed by atoms with van der Waals surface area (Å²) in [6.45, 7) is 1.14. The Hall–Kier alpha value is -2.21. The van der Waals surface area contributed by atoms with E-state index < -0.39 is 5.60 Å². The SMILES string of the molecule is Cn1ccnc(N2CCC(O)(CCc3ccccc3F)CC2)c1=O. The summed E-state index contributed by atoms with van der Waals surface area (Å²) in [5, 5.41) is 10.8. The van der Waals surface area contributed by atoms with E-state index in [-0.39, 0.29) is 11.4 Å². The second-order valence-corrected chi connectivity index (χ2v) is 6.47. The van der Waals surface area contributed by atoms with Gasteiger partial charge in [-0.3, -0.25) is 4.79 Å². The van der Waals surface area contributed by atoms with Gasteiger partial charge in [0.1, 0.15) is 5.82 Å². The van der Waals surface area contributed by atoms with E-state index in [1.54, 1.807) is 31.6 Å². The quantitative estimate of drug-likeness (QED) is 0.929. The van der Waals surface area contributed by atoms with Crippen LogP contribution < -0.4 is 10.5 Å². The van der Waals surface area contributed by atoms with Crippen molar-refractivity contribution in [2.24, 2.45) is 7.05 Å². The fraction of sp³-hybridized carbons (Fsp3) is 0.444. The normalized spacial score (nSPS) is 17.0. The molecule has 1 aromatic heterocycles. The summed E-state index contributed by atoms with van der Waals surface area (Å²) in [6.07, 6.45) is 5.34. The predicted octanol–water partition coefficient (Wildman–Crippen LogP) is 1.88. The summed E-state index contributed by atoms with van der Waals surface area (Å²) in [5.74, 6) is 0.201. The first-order chi connectivity index (χ1) is 11.5. The van der Waals surface area contributed by atoms with E-state index >= 15 is 0 Å². The number of halogens is 1. The first kappa shape index (κ1) is 16.6. The first-order valence-corrected chi connectivity index (χ1v) is 8.21. The van der Waals surface area contributed by atoms with Gasteiger partial charge < -0.3 is 14.6 Å². The number of piperidine rings is 1. The zero-order valence-electron chi connectivity index (χ0n) is 13.8. The molecular formula is C18H22FN3O2. The molecule has 24 heavy (non-hydrogen) atoms. The zero-order valence-corrected chi connectivity index (χ0v) is 13.8. The van der Waals surface area contributed by atoms with Crippen molar-refractivity contribution in [3.63, 3.8) is 0 Å². The Kier molecular flexibility index (Phi) is 4.66. The van der Waals surface area contributed by atoms with Crippen LogP contribution in [0.25, 0.3) is 0 Å². The number of hydrogen-bond acceptors (Lipinski definition) is 4. The first-order valence-electron chi connectivity index (χ1n) is 8.21. The highest BCUT2D eigenvalue weighted by atomic mass is 19.1. The molecular weight excluding hydrogens is 309 g/mol. The average Bonchev–Trinajstić information content (AvgIpc) is 2.58. The van der Waals surface area contributed by atoms with Crippen molar-refractivity contribution in [2.45, 2.75) is 31.3 Å². The van der Waals surface area contributed by atoms with Crippen molar-refractivity contribution < 1.29 is 9.50 Å². The van der Waals surface area contributed by atoms with Crippen LogP contribution in [0.3, 0.4) is 0 Å². The minimum Gasteiger partial charge on any atom is -0.390 e. The molecule has 128 valence electrons. The van der Waals surface area contributed by atoms with Crippen molar-refractivity contribution in [3.05, 3.63) is 58.4 Å². The number of aryl methyl sites for hydroxylation is 2. The van der Waals surface area contributed by atoms with Gasteiger partial charge in [0.05, 0.1) is 5.60 Å². The van der Waals surface area contributed by atoms with E-state index in [1.165, 1.54) is 10.6 Å². The molecule has 1 saturated heterocycles. The van der Waals surface area contributed by atoms with Crippen molar-refractivity contribution in [3.8, 4) is 0 Å². The van der Waals surface area contributed by atoms with Crippen LogP contribution in [-0.4, -0.2) is 33.3 Å². The van der Waals surface area contributed by atoms with Crippen molar-refractivity contribution >= 4 is 5.82 Å². The van der Waals surface area contributed by atoms with Crippen LogP contribution in [0, 0.1) is 5.82 Å². The second kappa shape index (κ2) is 6.73. The second-order valence-electron chi connectivity index (χ2n) is 6.47. The molecule has 0 saturated carbocycles. The lowest BCUT2D eigenvalue weighted by Gasteiger charge is -2.38. The monoisotopic (exact) mass is 331 g/mol. The number of aliphatic hydroxyl groups is 1. The highest BCUT2D eigenvalue weighted by Crippen LogP contribution is 2.28. The summed E-state index contributed by atoms with van der Waals surface area (Å²) < 4.78 is 15.2. The molecule has 0 amide bonds. The lowest BCUT2D eigenvalue weighted by molar-refractivity contribution is 0.00799. The zero-order chi connectivity index (χ0) is 17.2. The Morgan fingerprint density at radius 1 is 1.29 bits per heavy atom. The standard InChI is InChI=1S/C18H22FN3O2/c1-21-13-10-20-16(17(21)23)22-11-8-18(24,9-12-22)7-6-14-4-2-3-5-15(14)19/h2-5,10,13,24H,6-9,11-12H2,1H3. The highest BCUT2D eigenvalue weighted by molar-refractivity contribution is 5.36. The maximum Gasteiger partial charge on any atom is 0.293 e. The van der Waals surface area contributed by atoms with Gasteiger partial charge >= 0.3 is 0 Å². The Bertz CT molecular complexity index is 767. The minimum atomic E-state index is -0.821. The highest BCUT2D eigenvalue weighted by Gasteiger charge is 2.33. The molecule has 1 N–H and O–H groups in total. The van der Waals surface area contributed by atoms with Crippen LogP contribution in [0.15, 0.2) is 41.5 Å². The molecule has 2 aromatic rings. The third-order valence-corrected chi connectivity index (χ3v) is 4.81. The van der Waals surface area contributed by atoms with Crippen molar-refractivity contribution in [1.29, 1.82) is 0 Å². The summed E-state index contributed by atoms with van der Waals surface area (Å²) in [7, 11) is 1.70. The molecule has 0 atom stereocenters. The van der Waals surface area contributed by atoms with E-state index in [0.29, 0.717) is 50.2 Å². The van der Waals surface area contributed by atoms with Gasteiger partial charge in [0, 0.05) is 32.5 Å². The number of hydrogen-bond donors (Lipinski definition) is 1. The molecule has 0 unspecified atom stereocenters. The minimum absolute atomic E-state index is 0.130. The molecule has 6 heteroatoms. The van der Waals surface area contributed by atoms with Crippen LogP contribution in [-0.2, 0) is 13.5 Å². The Morgan fingerprint density at radius 2 is 2.00 bits per heavy atom. The summed E-state index contributed by atoms with van der Waals surface area (Å²) >= 11 is 0. The molecule has 1 aliphatic rings. The lowest BCUT2D eigenvalue weighted by Crippen LogP contribution is -2.46. The van der Waals surface area contributed by atoms with E-state index in [0.717, 1.165) is 0 Å². The van der Waals surface area contributed by atoms with Crippen LogP contribution >= 0.6 is 0 Å². The molecule has 1 aromatic carbocycles. The van der Waals surface area contributed by atoms with Crippen LogP contribution in [0.2, 0.25) is 0 Å². The van der Waals surface area contributed by atoms with Crippen LogP contribution in [0.4, 0.5) is 10.2 Å². The van der Waals surface area contributed by atoms with Gasteiger partial charge in [0.2, 0.25) is 0 Å². The lowest BCUT2D eigenvalue weighted by atomic mass is 9.85. The molecule has 0 spiro atoms. The molecule has 3 rings (SSSR count). The number of rotatable bonds is 4. The van der Waals surface area contributed by atoms with Crippen LogP contribution in [0.5, 0.6) is 0 Å². The van der Waals surface area contributed by atoms with E-state index in [4.69, 9.17) is 0 Å². The van der Waals surface area contributed by atoms with Crippen molar-refractivity contribution in [1.82, 2.24) is 9.55 Å². The van der Waals surface area contributed by atoms with Gasteiger partial charge in [0.25, 0.3) is 5.56 Å². The van der Waals surface area contributed by atoms with E-state index in [1.807, 2.05) is 11.0 Å². The Labute approximate surface area is 140 Å². The molecule has 1 aliphatic heterocycles. The molecule has 0 bridgehead atoms. The number of aromatic nitrogens is 2. The fourth-order valence-electron chi connectivity index (χ4n) is 3.15. The summed E-state index contributed by atoms with van der Waals surface area (Å²) in [4.78, 5) is 18.2.